The summed E-state index contributed by atoms with van der Waals surface area (Å²) in [6.07, 6.45) is 6.66. The molecule has 1 atom stereocenters. The first-order valence-electron chi connectivity index (χ1n) is 9.59. The number of pyridine rings is 1. The van der Waals surface area contributed by atoms with Crippen molar-refractivity contribution >= 4 is 28.7 Å². The summed E-state index contributed by atoms with van der Waals surface area (Å²) in [5.74, 6) is -0.190. The lowest BCUT2D eigenvalue weighted by Gasteiger charge is -2.16. The predicted octanol–water partition coefficient (Wildman–Crippen LogP) is 2.73. The Bertz CT molecular complexity index is 892. The second kappa shape index (κ2) is 8.04. The van der Waals surface area contributed by atoms with Crippen LogP contribution in [0.2, 0.25) is 0 Å². The van der Waals surface area contributed by atoms with Gasteiger partial charge in [0.1, 0.15) is 0 Å². The quantitative estimate of drug-likeness (QED) is 0.628. The molecule has 2 fully saturated rings. The molecule has 0 bridgehead atoms. The molecule has 0 spiro atoms. The topological polar surface area (TPSA) is 77.6 Å². The van der Waals surface area contributed by atoms with Crippen LogP contribution in [0.5, 0.6) is 0 Å². The van der Waals surface area contributed by atoms with Crippen molar-refractivity contribution in [2.45, 2.75) is 49.8 Å². The molecule has 7 heteroatoms. The molecule has 1 aromatic heterocycles. The monoisotopic (exact) mass is 387 g/mol. The molecule has 2 aliphatic rings. The van der Waals surface area contributed by atoms with Gasteiger partial charge in [-0.05, 0) is 49.4 Å². The second-order valence-electron chi connectivity index (χ2n) is 7.41. The Morgan fingerprint density at radius 2 is 2.00 bits per heavy atom. The van der Waals surface area contributed by atoms with Crippen molar-refractivity contribution in [3.8, 4) is 0 Å². The van der Waals surface area contributed by atoms with Gasteiger partial charge in [0.2, 0.25) is 0 Å². The van der Waals surface area contributed by atoms with Gasteiger partial charge in [-0.3, -0.25) is 14.2 Å². The van der Waals surface area contributed by atoms with E-state index >= 15 is 0 Å². The van der Waals surface area contributed by atoms with Crippen LogP contribution in [0.25, 0.3) is 10.8 Å². The smallest absolute Gasteiger partial charge is 0.310 e. The van der Waals surface area contributed by atoms with Crippen molar-refractivity contribution in [2.24, 2.45) is 11.7 Å². The fourth-order valence-electron chi connectivity index (χ4n) is 3.86. The van der Waals surface area contributed by atoms with Gasteiger partial charge in [0.15, 0.2) is 6.73 Å². The lowest BCUT2D eigenvalue weighted by Crippen LogP contribution is -2.24. The minimum Gasteiger partial charge on any atom is -0.444 e. The van der Waals surface area contributed by atoms with Crippen LogP contribution < -0.4 is 11.3 Å². The number of carbonyl (C=O) groups is 1. The van der Waals surface area contributed by atoms with E-state index in [1.807, 2.05) is 24.3 Å². The average Bonchev–Trinajstić information content (AvgIpc) is 3.33. The summed E-state index contributed by atoms with van der Waals surface area (Å²) < 4.78 is 9.10. The number of aromatic nitrogens is 1. The maximum Gasteiger partial charge on any atom is 0.310 e. The first kappa shape index (κ1) is 18.5. The van der Waals surface area contributed by atoms with Gasteiger partial charge in [0.25, 0.3) is 5.56 Å². The molecule has 1 aliphatic carbocycles. The molecule has 6 nitrogen and oxygen atoms in total. The third-order valence-electron chi connectivity index (χ3n) is 5.43. The normalized spacial score (nSPS) is 21.1. The van der Waals surface area contributed by atoms with Gasteiger partial charge in [-0.1, -0.05) is 18.9 Å². The lowest BCUT2D eigenvalue weighted by atomic mass is 10.1. The fraction of sp³-hybridized carbons (Fsp3) is 0.500. The van der Waals surface area contributed by atoms with E-state index in [-0.39, 0.29) is 30.2 Å². The number of nitrogens with zero attached hydrogens (tertiary/aromatic N) is 2. The van der Waals surface area contributed by atoms with Crippen molar-refractivity contribution in [1.82, 2.24) is 8.87 Å². The minimum absolute atomic E-state index is 0.00371. The van der Waals surface area contributed by atoms with E-state index in [0.717, 1.165) is 55.5 Å². The van der Waals surface area contributed by atoms with Crippen LogP contribution in [0.15, 0.2) is 40.2 Å². The average molecular weight is 388 g/mol. The number of rotatable bonds is 5. The number of fused-ring (bicyclic) bond motifs is 1. The van der Waals surface area contributed by atoms with Gasteiger partial charge in [-0.15, -0.1) is 0 Å². The summed E-state index contributed by atoms with van der Waals surface area (Å²) in [5, 5.41) is 1.56. The molecular formula is C20H25N3O3S. The van der Waals surface area contributed by atoms with Crippen molar-refractivity contribution < 1.29 is 9.53 Å². The highest BCUT2D eigenvalue weighted by atomic mass is 32.2. The number of esters is 1. The van der Waals surface area contributed by atoms with Gasteiger partial charge in [0.05, 0.1) is 5.92 Å². The summed E-state index contributed by atoms with van der Waals surface area (Å²) >= 11 is 1.65. The van der Waals surface area contributed by atoms with Gasteiger partial charge in [0, 0.05) is 41.0 Å². The molecule has 2 aromatic rings. The molecule has 1 aromatic carbocycles. The molecule has 1 aliphatic heterocycles. The molecule has 2 heterocycles. The van der Waals surface area contributed by atoms with Crippen LogP contribution in [0.3, 0.4) is 0 Å². The van der Waals surface area contributed by atoms with Crippen LogP contribution in [0.4, 0.5) is 0 Å². The summed E-state index contributed by atoms with van der Waals surface area (Å²) in [7, 11) is 0. The first-order chi connectivity index (χ1) is 13.1. The zero-order valence-electron chi connectivity index (χ0n) is 15.3. The van der Waals surface area contributed by atoms with Crippen LogP contribution in [0.1, 0.15) is 32.1 Å². The maximum atomic E-state index is 12.8. The number of benzene rings is 1. The summed E-state index contributed by atoms with van der Waals surface area (Å²) in [6.45, 7) is 1.79. The highest BCUT2D eigenvalue weighted by Gasteiger charge is 2.24. The highest BCUT2D eigenvalue weighted by Crippen LogP contribution is 2.31. The van der Waals surface area contributed by atoms with Gasteiger partial charge in [-0.2, -0.15) is 0 Å². The van der Waals surface area contributed by atoms with Gasteiger partial charge in [-0.25, -0.2) is 4.31 Å². The van der Waals surface area contributed by atoms with Crippen LogP contribution in [-0.2, 0) is 16.3 Å². The number of hydrogen-bond acceptors (Lipinski definition) is 6. The van der Waals surface area contributed by atoms with Crippen molar-refractivity contribution in [3.63, 3.8) is 0 Å². The Labute approximate surface area is 162 Å². The zero-order valence-corrected chi connectivity index (χ0v) is 16.1. The molecule has 144 valence electrons. The van der Waals surface area contributed by atoms with E-state index in [2.05, 4.69) is 4.31 Å². The molecule has 2 N–H and O–H groups in total. The van der Waals surface area contributed by atoms with Gasteiger partial charge < -0.3 is 10.5 Å². The van der Waals surface area contributed by atoms with E-state index < -0.39 is 0 Å². The number of carbonyl (C=O) groups excluding carboxylic acids is 1. The first-order valence-corrected chi connectivity index (χ1v) is 10.4. The standard InChI is InChI=1S/C20H25N3O3S/c21-15-8-11-23(12-15)27-18-7-3-6-17-16(18)9-10-22(19(17)24)13-26-20(25)14-4-1-2-5-14/h3,6-7,9-10,14-15H,1-2,4-5,8,11-13,21H2. The van der Waals surface area contributed by atoms with Crippen molar-refractivity contribution in [2.75, 3.05) is 13.1 Å². The predicted molar refractivity (Wildman–Crippen MR) is 106 cm³/mol. The minimum atomic E-state index is -0.186. The van der Waals surface area contributed by atoms with E-state index in [4.69, 9.17) is 10.5 Å². The number of hydrogen-bond donors (Lipinski definition) is 1. The zero-order chi connectivity index (χ0) is 18.8. The molecular weight excluding hydrogens is 362 g/mol. The van der Waals surface area contributed by atoms with E-state index in [1.54, 1.807) is 18.1 Å². The fourth-order valence-corrected chi connectivity index (χ4v) is 5.02. The van der Waals surface area contributed by atoms with Crippen LogP contribution >= 0.6 is 11.9 Å². The summed E-state index contributed by atoms with van der Waals surface area (Å²) in [4.78, 5) is 26.0. The molecule has 0 amide bonds. The van der Waals surface area contributed by atoms with E-state index in [1.165, 1.54) is 4.57 Å². The van der Waals surface area contributed by atoms with E-state index in [9.17, 15) is 9.59 Å². The van der Waals surface area contributed by atoms with Crippen molar-refractivity contribution in [1.29, 1.82) is 0 Å². The largest absolute Gasteiger partial charge is 0.444 e. The Morgan fingerprint density at radius 1 is 1.19 bits per heavy atom. The Morgan fingerprint density at radius 3 is 2.74 bits per heavy atom. The molecule has 1 saturated heterocycles. The third kappa shape index (κ3) is 4.05. The molecule has 1 unspecified atom stereocenters. The number of ether oxygens (including phenoxy) is 1. The lowest BCUT2D eigenvalue weighted by molar-refractivity contribution is -0.152. The molecule has 0 radical (unpaired) electrons. The van der Waals surface area contributed by atoms with Crippen LogP contribution in [0, 0.1) is 5.92 Å². The van der Waals surface area contributed by atoms with Gasteiger partial charge >= 0.3 is 5.97 Å². The second-order valence-corrected chi connectivity index (χ2v) is 8.55. The third-order valence-corrected chi connectivity index (χ3v) is 6.57. The van der Waals surface area contributed by atoms with E-state index in [0.29, 0.717) is 5.39 Å². The molecule has 27 heavy (non-hydrogen) atoms. The Kier molecular flexibility index (Phi) is 5.52. The maximum absolute atomic E-state index is 12.8. The summed E-state index contributed by atoms with van der Waals surface area (Å²) in [5.41, 5.74) is 5.86. The Hall–Kier alpha value is -1.83. The SMILES string of the molecule is NC1CCN(Sc2cccc3c(=O)n(COC(=O)C4CCCC4)ccc23)C1. The summed E-state index contributed by atoms with van der Waals surface area (Å²) in [6, 6.07) is 7.90. The highest BCUT2D eigenvalue weighted by molar-refractivity contribution is 7.97. The molecule has 4 rings (SSSR count). The Balaban J connectivity index is 1.51. The molecule has 1 saturated carbocycles. The number of nitrogens with two attached hydrogens (primary N) is 1. The van der Waals surface area contributed by atoms with Crippen molar-refractivity contribution in [3.05, 3.63) is 40.8 Å². The van der Waals surface area contributed by atoms with Crippen LogP contribution in [-0.4, -0.2) is 34.0 Å².